The van der Waals surface area contributed by atoms with Crippen LogP contribution in [0, 0.1) is 5.92 Å². The highest BCUT2D eigenvalue weighted by Crippen LogP contribution is 2.54. The van der Waals surface area contributed by atoms with E-state index >= 15 is 0 Å². The molecule has 2 aliphatic rings. The molecule has 0 spiro atoms. The van der Waals surface area contributed by atoms with E-state index in [4.69, 9.17) is 0 Å². The number of carbonyl (C=O) groups excluding carboxylic acids is 3. The van der Waals surface area contributed by atoms with E-state index in [9.17, 15) is 37.5 Å². The number of benzene rings is 3. The normalized spacial score (nSPS) is 19.3. The Kier molecular flexibility index (Phi) is 7.73. The third kappa shape index (κ3) is 5.48. The number of phenols is 1. The molecule has 2 unspecified atom stereocenters. The third-order valence-electron chi connectivity index (χ3n) is 7.72. The second-order valence-corrected chi connectivity index (χ2v) is 12.9. The third-order valence-corrected chi connectivity index (χ3v) is 10.3. The van der Waals surface area contributed by atoms with Crippen LogP contribution in [0.5, 0.6) is 5.75 Å². The molecule has 0 radical (unpaired) electrons. The topological polar surface area (TPSA) is 112 Å². The zero-order chi connectivity index (χ0) is 32.2. The van der Waals surface area contributed by atoms with Crippen LogP contribution in [0.25, 0.3) is 0 Å². The number of aromatic nitrogens is 1. The Morgan fingerprint density at radius 2 is 1.62 bits per heavy atom. The monoisotopic (exact) mass is 654 g/mol. The number of thioether (sulfide) groups is 1. The summed E-state index contributed by atoms with van der Waals surface area (Å²) >= 11 is 1.75. The predicted molar refractivity (Wildman–Crippen MR) is 165 cm³/mol. The minimum absolute atomic E-state index is 0.00871. The summed E-state index contributed by atoms with van der Waals surface area (Å²) in [6.45, 7) is -0.412. The SMILES string of the molecule is CN(C)c1ccc([C@H]2c3sc(=O)n(CC(=O)Nc4ccc(O)cc4)c3SC3C(=O)N(c4ccccc4C(F)(F)F)C(=O)C32)cc1. The van der Waals surface area contributed by atoms with E-state index in [1.165, 1.54) is 41.0 Å². The lowest BCUT2D eigenvalue weighted by Gasteiger charge is -2.31. The van der Waals surface area contributed by atoms with Crippen LogP contribution in [0.1, 0.15) is 21.9 Å². The quantitative estimate of drug-likeness (QED) is 0.219. The fourth-order valence-corrected chi connectivity index (χ4v) is 8.40. The minimum Gasteiger partial charge on any atom is -0.508 e. The van der Waals surface area contributed by atoms with E-state index in [0.29, 0.717) is 26.1 Å². The Balaban J connectivity index is 1.43. The van der Waals surface area contributed by atoms with Crippen LogP contribution in [0.3, 0.4) is 0 Å². The Labute approximate surface area is 262 Å². The molecule has 0 aliphatic carbocycles. The average molecular weight is 655 g/mol. The van der Waals surface area contributed by atoms with Crippen LogP contribution in [-0.2, 0) is 27.1 Å². The number of anilines is 3. The molecule has 3 atom stereocenters. The lowest BCUT2D eigenvalue weighted by atomic mass is 9.83. The first-order chi connectivity index (χ1) is 21.3. The van der Waals surface area contributed by atoms with Crippen molar-refractivity contribution in [3.8, 4) is 5.75 Å². The van der Waals surface area contributed by atoms with Gasteiger partial charge in [-0.25, -0.2) is 4.90 Å². The largest absolute Gasteiger partial charge is 0.508 e. The number of aromatic hydroxyl groups is 1. The summed E-state index contributed by atoms with van der Waals surface area (Å²) in [6.07, 6.45) is -4.82. The van der Waals surface area contributed by atoms with Crippen molar-refractivity contribution in [2.45, 2.75) is 28.9 Å². The van der Waals surface area contributed by atoms with Crippen LogP contribution >= 0.6 is 23.1 Å². The molecule has 2 aliphatic heterocycles. The van der Waals surface area contributed by atoms with Gasteiger partial charge in [0.25, 0.3) is 0 Å². The van der Waals surface area contributed by atoms with Crippen molar-refractivity contribution < 1.29 is 32.7 Å². The van der Waals surface area contributed by atoms with Crippen molar-refractivity contribution >= 4 is 57.9 Å². The number of rotatable bonds is 6. The lowest BCUT2D eigenvalue weighted by molar-refractivity contribution is -0.137. The molecule has 3 aromatic carbocycles. The van der Waals surface area contributed by atoms with Gasteiger partial charge in [-0.2, -0.15) is 13.2 Å². The van der Waals surface area contributed by atoms with Crippen LogP contribution in [0.2, 0.25) is 0 Å². The number of imide groups is 1. The molecular formula is C31H25F3N4O5S2. The summed E-state index contributed by atoms with van der Waals surface area (Å²) < 4.78 is 43.2. The van der Waals surface area contributed by atoms with Crippen molar-refractivity contribution in [3.05, 3.63) is 98.5 Å². The van der Waals surface area contributed by atoms with Gasteiger partial charge in [0, 0.05) is 36.3 Å². The number of fused-ring (bicyclic) bond motifs is 2. The molecule has 3 amide bonds. The maximum atomic E-state index is 14.0. The number of carbonyl (C=O) groups is 3. The van der Waals surface area contributed by atoms with E-state index in [-0.39, 0.29) is 5.75 Å². The molecule has 1 saturated heterocycles. The number of nitrogens with zero attached hydrogens (tertiary/aromatic N) is 3. The highest BCUT2D eigenvalue weighted by molar-refractivity contribution is 8.00. The Morgan fingerprint density at radius 1 is 0.956 bits per heavy atom. The van der Waals surface area contributed by atoms with Crippen LogP contribution in [-0.4, -0.2) is 46.7 Å². The summed E-state index contributed by atoms with van der Waals surface area (Å²) in [6, 6.07) is 17.4. The number of para-hydroxylation sites is 1. The van der Waals surface area contributed by atoms with Gasteiger partial charge in [-0.05, 0) is 54.1 Å². The highest BCUT2D eigenvalue weighted by atomic mass is 32.2. The van der Waals surface area contributed by atoms with E-state index < -0.39 is 63.7 Å². The summed E-state index contributed by atoms with van der Waals surface area (Å²) in [5.41, 5.74) is 0.181. The molecule has 2 N–H and O–H groups in total. The van der Waals surface area contributed by atoms with Crippen LogP contribution in [0.4, 0.5) is 30.2 Å². The van der Waals surface area contributed by atoms with Gasteiger partial charge < -0.3 is 15.3 Å². The maximum absolute atomic E-state index is 14.0. The Hall–Kier alpha value is -4.56. The van der Waals surface area contributed by atoms with E-state index in [1.807, 2.05) is 31.1 Å². The zero-order valence-electron chi connectivity index (χ0n) is 23.7. The molecular weight excluding hydrogens is 629 g/mol. The highest BCUT2D eigenvalue weighted by Gasteiger charge is 2.57. The molecule has 4 aromatic rings. The minimum atomic E-state index is -4.82. The fraction of sp³-hybridized carbons (Fsp3) is 0.226. The van der Waals surface area contributed by atoms with Crippen LogP contribution < -0.4 is 20.0 Å². The molecule has 0 saturated carbocycles. The van der Waals surface area contributed by atoms with E-state index in [2.05, 4.69) is 5.32 Å². The predicted octanol–water partition coefficient (Wildman–Crippen LogP) is 5.13. The van der Waals surface area contributed by atoms with E-state index in [1.54, 1.807) is 12.1 Å². The Morgan fingerprint density at radius 3 is 2.27 bits per heavy atom. The number of phenolic OH excluding ortho intramolecular Hbond substituents is 1. The molecule has 14 heteroatoms. The van der Waals surface area contributed by atoms with Gasteiger partial charge in [0.05, 0.1) is 22.2 Å². The number of hydrogen-bond acceptors (Lipinski definition) is 8. The number of alkyl halides is 3. The number of amides is 3. The first kappa shape index (κ1) is 30.5. The maximum Gasteiger partial charge on any atom is 0.418 e. The molecule has 0 bridgehead atoms. The lowest BCUT2D eigenvalue weighted by Crippen LogP contribution is -2.33. The fourth-order valence-electron chi connectivity index (χ4n) is 5.63. The molecule has 9 nitrogen and oxygen atoms in total. The van der Waals surface area contributed by atoms with Gasteiger partial charge in [-0.3, -0.25) is 23.7 Å². The molecule has 232 valence electrons. The second kappa shape index (κ2) is 11.4. The van der Waals surface area contributed by atoms with Crippen molar-refractivity contribution in [2.75, 3.05) is 29.2 Å². The summed E-state index contributed by atoms with van der Waals surface area (Å²) in [5.74, 6) is -4.09. The molecule has 3 heterocycles. The Bertz CT molecular complexity index is 1870. The number of hydrogen-bond donors (Lipinski definition) is 2. The van der Waals surface area contributed by atoms with Crippen molar-refractivity contribution in [3.63, 3.8) is 0 Å². The first-order valence-electron chi connectivity index (χ1n) is 13.7. The van der Waals surface area contributed by atoms with Crippen molar-refractivity contribution in [1.29, 1.82) is 0 Å². The van der Waals surface area contributed by atoms with Gasteiger partial charge in [-0.15, -0.1) is 0 Å². The van der Waals surface area contributed by atoms with Gasteiger partial charge >= 0.3 is 11.0 Å². The second-order valence-electron chi connectivity index (χ2n) is 10.8. The number of thiazole rings is 1. The van der Waals surface area contributed by atoms with Crippen molar-refractivity contribution in [1.82, 2.24) is 4.57 Å². The van der Waals surface area contributed by atoms with Gasteiger partial charge in [0.1, 0.15) is 17.5 Å². The standard InChI is InChI=1S/C31H25F3N4O5S2/c1-36(2)18-11-7-16(8-12-18)23-24-25(28(42)38(27(24)41)21-6-4-3-5-20(21)31(32,33)34)44-29-26(23)45-30(43)37(29)15-22(40)35-17-9-13-19(39)14-10-17/h3-14,23-25,39H,15H2,1-2H3,(H,35,40)/t23-,24?,25?/m1/s1. The molecule has 6 rings (SSSR count). The smallest absolute Gasteiger partial charge is 0.418 e. The van der Waals surface area contributed by atoms with Crippen molar-refractivity contribution in [2.24, 2.45) is 5.92 Å². The first-order valence-corrected chi connectivity index (χ1v) is 15.3. The van der Waals surface area contributed by atoms with Gasteiger partial charge in [0.2, 0.25) is 17.7 Å². The van der Waals surface area contributed by atoms with E-state index in [0.717, 1.165) is 40.9 Å². The molecule has 1 aromatic heterocycles. The average Bonchev–Trinajstić information content (AvgIpc) is 3.44. The number of halogens is 3. The molecule has 45 heavy (non-hydrogen) atoms. The summed E-state index contributed by atoms with van der Waals surface area (Å²) in [5, 5.41) is 11.3. The summed E-state index contributed by atoms with van der Waals surface area (Å²) in [4.78, 5) is 56.7. The summed E-state index contributed by atoms with van der Waals surface area (Å²) in [7, 11) is 3.70. The number of nitrogens with one attached hydrogen (secondary N) is 1. The van der Waals surface area contributed by atoms with Crippen LogP contribution in [0.15, 0.2) is 82.6 Å². The van der Waals surface area contributed by atoms with Gasteiger partial charge in [0.15, 0.2) is 0 Å². The zero-order valence-corrected chi connectivity index (χ0v) is 25.4. The molecule has 1 fully saturated rings. The van der Waals surface area contributed by atoms with Gasteiger partial charge in [-0.1, -0.05) is 47.4 Å².